The number of hydrogen-bond acceptors (Lipinski definition) is 4. The fourth-order valence-electron chi connectivity index (χ4n) is 1.94. The maximum atomic E-state index is 8.49. The van der Waals surface area contributed by atoms with Crippen LogP contribution in [-0.4, -0.2) is 51.4 Å². The summed E-state index contributed by atoms with van der Waals surface area (Å²) in [4.78, 5) is 0. The van der Waals surface area contributed by atoms with Crippen LogP contribution in [0.2, 0.25) is 0 Å². The van der Waals surface area contributed by atoms with E-state index < -0.39 is 0 Å². The molecule has 0 aliphatic rings. The third kappa shape index (κ3) is 14.1. The highest BCUT2D eigenvalue weighted by Gasteiger charge is 2.02. The quantitative estimate of drug-likeness (QED) is 0.467. The van der Waals surface area contributed by atoms with E-state index in [-0.39, 0.29) is 6.61 Å². The van der Waals surface area contributed by atoms with Gasteiger partial charge in [0.05, 0.1) is 39.6 Å². The molecule has 0 aromatic rings. The molecule has 1 N–H and O–H groups in total. The lowest BCUT2D eigenvalue weighted by atomic mass is 9.97. The summed E-state index contributed by atoms with van der Waals surface area (Å²) in [6.07, 6.45) is 6.33. The monoisotopic (exact) mass is 276 g/mol. The molecule has 19 heavy (non-hydrogen) atoms. The summed E-state index contributed by atoms with van der Waals surface area (Å²) in [6.45, 7) is 8.22. The van der Waals surface area contributed by atoms with Crippen LogP contribution in [-0.2, 0) is 14.2 Å². The molecule has 0 saturated heterocycles. The summed E-state index contributed by atoms with van der Waals surface area (Å²) in [6, 6.07) is 0. The van der Waals surface area contributed by atoms with E-state index in [0.29, 0.717) is 33.0 Å². The summed E-state index contributed by atoms with van der Waals surface area (Å²) < 4.78 is 15.9. The second-order valence-electron chi connectivity index (χ2n) is 4.74. The molecule has 0 aromatic carbocycles. The zero-order valence-corrected chi connectivity index (χ0v) is 12.7. The van der Waals surface area contributed by atoms with Gasteiger partial charge in [-0.2, -0.15) is 0 Å². The fraction of sp³-hybridized carbons (Fsp3) is 1.00. The first-order chi connectivity index (χ1) is 9.35. The Hall–Kier alpha value is -0.160. The van der Waals surface area contributed by atoms with Crippen LogP contribution in [0.3, 0.4) is 0 Å². The van der Waals surface area contributed by atoms with E-state index in [2.05, 4.69) is 13.8 Å². The molecule has 0 bridgehead atoms. The molecule has 0 amide bonds. The normalized spacial score (nSPS) is 11.4. The lowest BCUT2D eigenvalue weighted by Gasteiger charge is -2.11. The minimum Gasteiger partial charge on any atom is -0.394 e. The van der Waals surface area contributed by atoms with Gasteiger partial charge < -0.3 is 19.3 Å². The third-order valence-electron chi connectivity index (χ3n) is 3.29. The SMILES string of the molecule is CCC(CC)CCCCOCCOCCOCCO. The van der Waals surface area contributed by atoms with Gasteiger partial charge in [-0.3, -0.25) is 0 Å². The van der Waals surface area contributed by atoms with Gasteiger partial charge in [0.15, 0.2) is 0 Å². The minimum atomic E-state index is 0.0695. The van der Waals surface area contributed by atoms with Crippen LogP contribution in [0.4, 0.5) is 0 Å². The van der Waals surface area contributed by atoms with Crippen molar-refractivity contribution >= 4 is 0 Å². The number of aliphatic hydroxyl groups excluding tert-OH is 1. The van der Waals surface area contributed by atoms with Crippen molar-refractivity contribution in [3.63, 3.8) is 0 Å². The average Bonchev–Trinajstić information content (AvgIpc) is 2.44. The van der Waals surface area contributed by atoms with Gasteiger partial charge >= 0.3 is 0 Å². The van der Waals surface area contributed by atoms with Crippen LogP contribution < -0.4 is 0 Å². The van der Waals surface area contributed by atoms with Crippen molar-refractivity contribution in [1.82, 2.24) is 0 Å². The van der Waals surface area contributed by atoms with E-state index in [1.54, 1.807) is 0 Å². The van der Waals surface area contributed by atoms with Crippen molar-refractivity contribution in [2.24, 2.45) is 5.92 Å². The Bertz CT molecular complexity index is 160. The van der Waals surface area contributed by atoms with E-state index in [9.17, 15) is 0 Å². The van der Waals surface area contributed by atoms with E-state index in [0.717, 1.165) is 18.9 Å². The summed E-state index contributed by atoms with van der Waals surface area (Å²) >= 11 is 0. The highest BCUT2D eigenvalue weighted by molar-refractivity contribution is 4.54. The van der Waals surface area contributed by atoms with E-state index in [1.807, 2.05) is 0 Å². The second-order valence-corrected chi connectivity index (χ2v) is 4.74. The maximum absolute atomic E-state index is 8.49. The Labute approximate surface area is 118 Å². The summed E-state index contributed by atoms with van der Waals surface area (Å²) in [5.74, 6) is 0.891. The Morgan fingerprint density at radius 1 is 0.737 bits per heavy atom. The molecule has 4 nitrogen and oxygen atoms in total. The Morgan fingerprint density at radius 2 is 1.26 bits per heavy atom. The Balaban J connectivity index is 3.02. The zero-order chi connectivity index (χ0) is 14.2. The molecule has 0 rings (SSSR count). The summed E-state index contributed by atoms with van der Waals surface area (Å²) in [5.41, 5.74) is 0. The van der Waals surface area contributed by atoms with Gasteiger partial charge in [0.1, 0.15) is 0 Å². The van der Waals surface area contributed by atoms with Crippen molar-refractivity contribution in [3.05, 3.63) is 0 Å². The predicted molar refractivity (Wildman–Crippen MR) is 77.5 cm³/mol. The van der Waals surface area contributed by atoms with Gasteiger partial charge in [-0.1, -0.05) is 39.5 Å². The molecule has 116 valence electrons. The van der Waals surface area contributed by atoms with Crippen molar-refractivity contribution in [2.45, 2.75) is 46.0 Å². The predicted octanol–water partition coefficient (Wildman–Crippen LogP) is 2.64. The van der Waals surface area contributed by atoms with Crippen LogP contribution >= 0.6 is 0 Å². The number of unbranched alkanes of at least 4 members (excludes halogenated alkanes) is 1. The van der Waals surface area contributed by atoms with E-state index >= 15 is 0 Å². The highest BCUT2D eigenvalue weighted by atomic mass is 16.5. The van der Waals surface area contributed by atoms with Crippen molar-refractivity contribution in [1.29, 1.82) is 0 Å². The number of hydrogen-bond donors (Lipinski definition) is 1. The molecule has 0 atom stereocenters. The first-order valence-corrected chi connectivity index (χ1v) is 7.69. The molecular formula is C15H32O4. The van der Waals surface area contributed by atoms with Gasteiger partial charge in [-0.05, 0) is 12.3 Å². The largest absolute Gasteiger partial charge is 0.394 e. The molecule has 0 unspecified atom stereocenters. The maximum Gasteiger partial charge on any atom is 0.0701 e. The highest BCUT2D eigenvalue weighted by Crippen LogP contribution is 2.15. The molecule has 0 heterocycles. The number of ether oxygens (including phenoxy) is 3. The standard InChI is InChI=1S/C15H32O4/c1-3-15(4-2)7-5-6-9-17-11-13-19-14-12-18-10-8-16/h15-16H,3-14H2,1-2H3. The average molecular weight is 276 g/mol. The van der Waals surface area contributed by atoms with Crippen molar-refractivity contribution in [3.8, 4) is 0 Å². The number of rotatable bonds is 15. The Morgan fingerprint density at radius 3 is 1.79 bits per heavy atom. The smallest absolute Gasteiger partial charge is 0.0701 e. The lowest BCUT2D eigenvalue weighted by Crippen LogP contribution is -2.11. The van der Waals surface area contributed by atoms with Crippen LogP contribution in [0.25, 0.3) is 0 Å². The molecule has 4 heteroatoms. The van der Waals surface area contributed by atoms with Crippen molar-refractivity contribution < 1.29 is 19.3 Å². The second kappa shape index (κ2) is 15.9. The molecular weight excluding hydrogens is 244 g/mol. The molecule has 0 spiro atoms. The van der Waals surface area contributed by atoms with E-state index in [1.165, 1.54) is 25.7 Å². The third-order valence-corrected chi connectivity index (χ3v) is 3.29. The van der Waals surface area contributed by atoms with Gasteiger partial charge in [0.25, 0.3) is 0 Å². The van der Waals surface area contributed by atoms with Crippen LogP contribution in [0.5, 0.6) is 0 Å². The molecule has 0 aliphatic heterocycles. The van der Waals surface area contributed by atoms with Gasteiger partial charge in [0.2, 0.25) is 0 Å². The summed E-state index contributed by atoms with van der Waals surface area (Å²) in [5, 5.41) is 8.49. The van der Waals surface area contributed by atoms with Crippen LogP contribution in [0.15, 0.2) is 0 Å². The van der Waals surface area contributed by atoms with Gasteiger partial charge in [-0.25, -0.2) is 0 Å². The summed E-state index contributed by atoms with van der Waals surface area (Å²) in [7, 11) is 0. The van der Waals surface area contributed by atoms with Gasteiger partial charge in [-0.15, -0.1) is 0 Å². The van der Waals surface area contributed by atoms with Gasteiger partial charge in [0, 0.05) is 6.61 Å². The number of aliphatic hydroxyl groups is 1. The first-order valence-electron chi connectivity index (χ1n) is 7.69. The molecule has 0 aliphatic carbocycles. The lowest BCUT2D eigenvalue weighted by molar-refractivity contribution is 0.00711. The molecule has 0 fully saturated rings. The van der Waals surface area contributed by atoms with Crippen LogP contribution in [0.1, 0.15) is 46.0 Å². The Kier molecular flexibility index (Phi) is 15.8. The zero-order valence-electron chi connectivity index (χ0n) is 12.7. The fourth-order valence-corrected chi connectivity index (χ4v) is 1.94. The topological polar surface area (TPSA) is 47.9 Å². The van der Waals surface area contributed by atoms with E-state index in [4.69, 9.17) is 19.3 Å². The first kappa shape index (κ1) is 18.8. The molecule has 0 radical (unpaired) electrons. The van der Waals surface area contributed by atoms with Crippen LogP contribution in [0, 0.1) is 5.92 Å². The molecule has 0 saturated carbocycles. The minimum absolute atomic E-state index is 0.0695. The molecule has 0 aromatic heterocycles. The van der Waals surface area contributed by atoms with Crippen molar-refractivity contribution in [2.75, 3.05) is 46.2 Å².